The molecule has 1 aliphatic carbocycles. The zero-order valence-corrected chi connectivity index (χ0v) is 18.3. The maximum absolute atomic E-state index is 13.4. The van der Waals surface area contributed by atoms with Crippen molar-refractivity contribution in [2.75, 3.05) is 0 Å². The Bertz CT molecular complexity index is 1210. The third kappa shape index (κ3) is 4.37. The summed E-state index contributed by atoms with van der Waals surface area (Å²) in [7, 11) is 0. The molecule has 6 nitrogen and oxygen atoms in total. The van der Waals surface area contributed by atoms with Crippen molar-refractivity contribution in [2.24, 2.45) is 0 Å². The molecule has 0 unspecified atom stereocenters. The molecule has 1 atom stereocenters. The molecule has 0 fully saturated rings. The number of nitrogens with zero attached hydrogens (tertiary/aromatic N) is 2. The van der Waals surface area contributed by atoms with Crippen molar-refractivity contribution in [1.29, 1.82) is 0 Å². The SMILES string of the molecule is Cc1cc(CNC(=O)c2cc(C(=O)N[C@H]3CCc4c3ccc(C)c4C)ncn2)ccc1F. The number of carbonyl (C=O) groups excluding carboxylic acids is 2. The van der Waals surface area contributed by atoms with E-state index in [0.29, 0.717) is 5.56 Å². The van der Waals surface area contributed by atoms with E-state index in [0.717, 1.165) is 24.0 Å². The Kier molecular flexibility index (Phi) is 5.99. The Hall–Kier alpha value is -3.61. The second-order valence-corrected chi connectivity index (χ2v) is 8.19. The van der Waals surface area contributed by atoms with Crippen molar-refractivity contribution in [3.63, 3.8) is 0 Å². The van der Waals surface area contributed by atoms with Crippen LogP contribution in [0.1, 0.15) is 66.8 Å². The molecule has 0 aliphatic heterocycles. The molecule has 2 amide bonds. The van der Waals surface area contributed by atoms with Gasteiger partial charge in [-0.15, -0.1) is 0 Å². The van der Waals surface area contributed by atoms with Gasteiger partial charge in [-0.05, 0) is 73.1 Å². The molecular formula is C25H25FN4O2. The number of rotatable bonds is 5. The predicted octanol–water partition coefficient (Wildman–Crippen LogP) is 3.89. The molecule has 2 aromatic carbocycles. The number of benzene rings is 2. The van der Waals surface area contributed by atoms with E-state index in [1.807, 2.05) is 0 Å². The lowest BCUT2D eigenvalue weighted by Crippen LogP contribution is -2.29. The van der Waals surface area contributed by atoms with Crippen molar-refractivity contribution in [3.8, 4) is 0 Å². The van der Waals surface area contributed by atoms with Gasteiger partial charge < -0.3 is 10.6 Å². The molecule has 1 aromatic heterocycles. The van der Waals surface area contributed by atoms with E-state index in [4.69, 9.17) is 0 Å². The van der Waals surface area contributed by atoms with Gasteiger partial charge >= 0.3 is 0 Å². The summed E-state index contributed by atoms with van der Waals surface area (Å²) < 4.78 is 13.4. The van der Waals surface area contributed by atoms with E-state index in [-0.39, 0.29) is 35.7 Å². The summed E-state index contributed by atoms with van der Waals surface area (Å²) in [5.74, 6) is -1.06. The molecule has 0 saturated carbocycles. The summed E-state index contributed by atoms with van der Waals surface area (Å²) in [4.78, 5) is 33.4. The first-order valence-electron chi connectivity index (χ1n) is 10.6. The van der Waals surface area contributed by atoms with E-state index in [9.17, 15) is 14.0 Å². The van der Waals surface area contributed by atoms with Crippen LogP contribution in [0.2, 0.25) is 0 Å². The quantitative estimate of drug-likeness (QED) is 0.641. The Morgan fingerprint density at radius 3 is 2.50 bits per heavy atom. The second-order valence-electron chi connectivity index (χ2n) is 8.19. The van der Waals surface area contributed by atoms with Gasteiger partial charge in [-0.2, -0.15) is 0 Å². The highest BCUT2D eigenvalue weighted by molar-refractivity contribution is 5.97. The average molecular weight is 432 g/mol. The van der Waals surface area contributed by atoms with Crippen LogP contribution in [0.25, 0.3) is 0 Å². The molecule has 3 aromatic rings. The molecule has 1 heterocycles. The minimum absolute atomic E-state index is 0.0780. The van der Waals surface area contributed by atoms with Crippen LogP contribution < -0.4 is 10.6 Å². The molecule has 0 saturated heterocycles. The molecule has 0 spiro atoms. The maximum Gasteiger partial charge on any atom is 0.270 e. The molecule has 164 valence electrons. The van der Waals surface area contributed by atoms with Gasteiger partial charge in [0, 0.05) is 12.6 Å². The Morgan fingerprint density at radius 1 is 1.00 bits per heavy atom. The molecule has 2 N–H and O–H groups in total. The lowest BCUT2D eigenvalue weighted by molar-refractivity contribution is 0.0931. The van der Waals surface area contributed by atoms with Gasteiger partial charge in [0.05, 0.1) is 6.04 Å². The van der Waals surface area contributed by atoms with Crippen LogP contribution in [-0.2, 0) is 13.0 Å². The molecule has 7 heteroatoms. The predicted molar refractivity (Wildman–Crippen MR) is 119 cm³/mol. The van der Waals surface area contributed by atoms with Crippen LogP contribution in [0, 0.1) is 26.6 Å². The summed E-state index contributed by atoms with van der Waals surface area (Å²) in [6.45, 7) is 6.09. The summed E-state index contributed by atoms with van der Waals surface area (Å²) in [6, 6.07) is 10.1. The van der Waals surface area contributed by atoms with Crippen molar-refractivity contribution in [3.05, 3.63) is 93.3 Å². The topological polar surface area (TPSA) is 84.0 Å². The van der Waals surface area contributed by atoms with E-state index in [2.05, 4.69) is 46.6 Å². The summed E-state index contributed by atoms with van der Waals surface area (Å²) >= 11 is 0. The number of aromatic nitrogens is 2. The highest BCUT2D eigenvalue weighted by atomic mass is 19.1. The van der Waals surface area contributed by atoms with Gasteiger partial charge in [0.15, 0.2) is 0 Å². The highest BCUT2D eigenvalue weighted by Gasteiger charge is 2.26. The summed E-state index contributed by atoms with van der Waals surface area (Å²) in [6.07, 6.45) is 2.97. The highest BCUT2D eigenvalue weighted by Crippen LogP contribution is 2.34. The van der Waals surface area contributed by atoms with Gasteiger partial charge in [0.1, 0.15) is 23.5 Å². The van der Waals surface area contributed by atoms with Gasteiger partial charge in [0.25, 0.3) is 11.8 Å². The standard InChI is InChI=1S/C25H25FN4O2/c1-14-4-6-19-18(16(14)3)7-9-21(19)30-25(32)23-11-22(28-13-29-23)24(31)27-12-17-5-8-20(26)15(2)10-17/h4-6,8,10-11,13,21H,7,9,12H2,1-3H3,(H,27,31)(H,30,32)/t21-/m0/s1. The third-order valence-electron chi connectivity index (χ3n) is 6.08. The molecular weight excluding hydrogens is 407 g/mol. The van der Waals surface area contributed by atoms with E-state index < -0.39 is 5.91 Å². The number of carbonyl (C=O) groups is 2. The average Bonchev–Trinajstić information content (AvgIpc) is 3.20. The number of nitrogens with one attached hydrogen (secondary N) is 2. The lowest BCUT2D eigenvalue weighted by Gasteiger charge is -2.15. The molecule has 0 bridgehead atoms. The lowest BCUT2D eigenvalue weighted by atomic mass is 9.99. The Labute approximate surface area is 186 Å². The van der Waals surface area contributed by atoms with Crippen LogP contribution in [-0.4, -0.2) is 21.8 Å². The van der Waals surface area contributed by atoms with Crippen LogP contribution in [0.15, 0.2) is 42.7 Å². The largest absolute Gasteiger partial charge is 0.347 e. The van der Waals surface area contributed by atoms with Crippen LogP contribution in [0.4, 0.5) is 4.39 Å². The number of fused-ring (bicyclic) bond motifs is 1. The number of hydrogen-bond acceptors (Lipinski definition) is 4. The van der Waals surface area contributed by atoms with Crippen molar-refractivity contribution in [2.45, 2.75) is 46.2 Å². The minimum Gasteiger partial charge on any atom is -0.347 e. The zero-order valence-electron chi connectivity index (χ0n) is 18.3. The second kappa shape index (κ2) is 8.86. The number of amides is 2. The van der Waals surface area contributed by atoms with Crippen molar-refractivity contribution >= 4 is 11.8 Å². The van der Waals surface area contributed by atoms with Gasteiger partial charge in [-0.1, -0.05) is 24.3 Å². The molecule has 1 aliphatic rings. The summed E-state index contributed by atoms with van der Waals surface area (Å²) in [5.41, 5.74) is 6.49. The van der Waals surface area contributed by atoms with Crippen LogP contribution >= 0.6 is 0 Å². The van der Waals surface area contributed by atoms with Gasteiger partial charge in [-0.3, -0.25) is 9.59 Å². The summed E-state index contributed by atoms with van der Waals surface area (Å²) in [5, 5.41) is 5.78. The smallest absolute Gasteiger partial charge is 0.270 e. The fraction of sp³-hybridized carbons (Fsp3) is 0.280. The van der Waals surface area contributed by atoms with E-state index >= 15 is 0 Å². The molecule has 4 rings (SSSR count). The van der Waals surface area contributed by atoms with E-state index in [1.54, 1.807) is 19.1 Å². The van der Waals surface area contributed by atoms with Crippen LogP contribution in [0.5, 0.6) is 0 Å². The molecule has 32 heavy (non-hydrogen) atoms. The first-order chi connectivity index (χ1) is 15.3. The zero-order chi connectivity index (χ0) is 22.8. The Morgan fingerprint density at radius 2 is 1.75 bits per heavy atom. The molecule has 0 radical (unpaired) electrons. The van der Waals surface area contributed by atoms with Crippen LogP contribution in [0.3, 0.4) is 0 Å². The first-order valence-corrected chi connectivity index (χ1v) is 10.6. The first kappa shape index (κ1) is 21.6. The normalized spacial score (nSPS) is 14.7. The monoisotopic (exact) mass is 432 g/mol. The third-order valence-corrected chi connectivity index (χ3v) is 6.08. The fourth-order valence-electron chi connectivity index (χ4n) is 4.07. The van der Waals surface area contributed by atoms with Crippen molar-refractivity contribution in [1.82, 2.24) is 20.6 Å². The fourth-order valence-corrected chi connectivity index (χ4v) is 4.07. The maximum atomic E-state index is 13.4. The number of aryl methyl sites for hydroxylation is 2. The number of hydrogen-bond donors (Lipinski definition) is 2. The Balaban J connectivity index is 1.43. The van der Waals surface area contributed by atoms with E-state index in [1.165, 1.54) is 35.2 Å². The van der Waals surface area contributed by atoms with Gasteiger partial charge in [-0.25, -0.2) is 14.4 Å². The number of halogens is 1. The van der Waals surface area contributed by atoms with Gasteiger partial charge in [0.2, 0.25) is 0 Å². The minimum atomic E-state index is -0.430. The van der Waals surface area contributed by atoms with Crippen molar-refractivity contribution < 1.29 is 14.0 Å².